The van der Waals surface area contributed by atoms with Gasteiger partial charge >= 0.3 is 0 Å². The molecule has 0 saturated heterocycles. The fourth-order valence-corrected chi connectivity index (χ4v) is 3.85. The Morgan fingerprint density at radius 1 is 1.28 bits per heavy atom. The molecule has 0 radical (unpaired) electrons. The maximum absolute atomic E-state index is 12.2. The lowest BCUT2D eigenvalue weighted by Crippen LogP contribution is -2.23. The van der Waals surface area contributed by atoms with E-state index in [9.17, 15) is 4.79 Å². The van der Waals surface area contributed by atoms with Crippen molar-refractivity contribution >= 4 is 27.9 Å². The largest absolute Gasteiger partial charge is 0.359 e. The van der Waals surface area contributed by atoms with Gasteiger partial charge in [-0.2, -0.15) is 0 Å². The molecule has 2 aromatic heterocycles. The van der Waals surface area contributed by atoms with E-state index >= 15 is 0 Å². The van der Waals surface area contributed by atoms with Crippen LogP contribution in [0.2, 0.25) is 0 Å². The van der Waals surface area contributed by atoms with E-state index in [-0.39, 0.29) is 5.56 Å². The number of nitrogens with one attached hydrogen (secondary N) is 4. The summed E-state index contributed by atoms with van der Waals surface area (Å²) in [6, 6.07) is 1.83. The van der Waals surface area contributed by atoms with Crippen LogP contribution in [0.25, 0.3) is 21.9 Å². The van der Waals surface area contributed by atoms with Gasteiger partial charge in [-0.25, -0.2) is 9.97 Å². The minimum absolute atomic E-state index is 0.118. The van der Waals surface area contributed by atoms with E-state index in [4.69, 9.17) is 0 Å². The van der Waals surface area contributed by atoms with Crippen molar-refractivity contribution in [3.63, 3.8) is 0 Å². The Kier molecular flexibility index (Phi) is 4.40. The Bertz CT molecular complexity index is 938. The molecule has 1 aromatic carbocycles. The number of nitrogens with zero attached hydrogens (tertiary/aromatic N) is 2. The van der Waals surface area contributed by atoms with Crippen molar-refractivity contribution in [3.8, 4) is 0 Å². The first-order chi connectivity index (χ1) is 12.3. The summed E-state index contributed by atoms with van der Waals surface area (Å²) in [5.74, 6) is 1.51. The van der Waals surface area contributed by atoms with Gasteiger partial charge in [-0.3, -0.25) is 4.79 Å². The van der Waals surface area contributed by atoms with Crippen LogP contribution < -0.4 is 16.2 Å². The summed E-state index contributed by atoms with van der Waals surface area (Å²) in [6.07, 6.45) is 7.68. The monoisotopic (exact) mass is 340 g/mol. The summed E-state index contributed by atoms with van der Waals surface area (Å²) in [5, 5.41) is 7.21. The van der Waals surface area contributed by atoms with Gasteiger partial charge in [0, 0.05) is 12.6 Å². The minimum Gasteiger partial charge on any atom is -0.359 e. The second-order valence-electron chi connectivity index (χ2n) is 6.82. The first-order valence-electron chi connectivity index (χ1n) is 9.03. The van der Waals surface area contributed by atoms with E-state index in [0.717, 1.165) is 47.5 Å². The van der Waals surface area contributed by atoms with Crippen molar-refractivity contribution in [2.75, 3.05) is 25.5 Å². The van der Waals surface area contributed by atoms with Crippen LogP contribution in [0.1, 0.15) is 31.2 Å². The Labute approximate surface area is 145 Å². The quantitative estimate of drug-likeness (QED) is 0.516. The Balaban J connectivity index is 1.64. The smallest absolute Gasteiger partial charge is 0.258 e. The molecule has 0 unspecified atom stereocenters. The van der Waals surface area contributed by atoms with Crippen molar-refractivity contribution in [1.29, 1.82) is 0 Å². The topological polar surface area (TPSA) is 98.5 Å². The SMILES string of the molecule is CNc1nc2c(CCNCC3CCCC3)c3nc[nH]c(=O)c3cc2[nH]1. The third-order valence-corrected chi connectivity index (χ3v) is 5.18. The third kappa shape index (κ3) is 3.11. The zero-order valence-corrected chi connectivity index (χ0v) is 14.5. The summed E-state index contributed by atoms with van der Waals surface area (Å²) in [5.41, 5.74) is 3.40. The number of hydrogen-bond donors (Lipinski definition) is 4. The van der Waals surface area contributed by atoms with E-state index in [1.165, 1.54) is 32.0 Å². The fourth-order valence-electron chi connectivity index (χ4n) is 3.85. The maximum Gasteiger partial charge on any atom is 0.258 e. The Morgan fingerprint density at radius 3 is 2.92 bits per heavy atom. The molecule has 4 rings (SSSR count). The average Bonchev–Trinajstić information content (AvgIpc) is 3.27. The molecule has 4 N–H and O–H groups in total. The molecule has 7 heteroatoms. The lowest BCUT2D eigenvalue weighted by Gasteiger charge is -2.11. The number of hydrogen-bond acceptors (Lipinski definition) is 5. The number of rotatable bonds is 6. The van der Waals surface area contributed by atoms with Gasteiger partial charge < -0.3 is 20.6 Å². The van der Waals surface area contributed by atoms with E-state index in [0.29, 0.717) is 11.3 Å². The van der Waals surface area contributed by atoms with Gasteiger partial charge in [0.25, 0.3) is 5.56 Å². The van der Waals surface area contributed by atoms with Crippen LogP contribution in [0.4, 0.5) is 5.95 Å². The molecular weight excluding hydrogens is 316 g/mol. The normalized spacial score (nSPS) is 15.4. The minimum atomic E-state index is -0.118. The molecule has 2 heterocycles. The molecule has 0 amide bonds. The molecule has 1 aliphatic carbocycles. The molecule has 0 atom stereocenters. The summed E-state index contributed by atoms with van der Waals surface area (Å²) >= 11 is 0. The van der Waals surface area contributed by atoms with Crippen molar-refractivity contribution in [1.82, 2.24) is 25.3 Å². The molecule has 3 aromatic rings. The van der Waals surface area contributed by atoms with Crippen molar-refractivity contribution in [3.05, 3.63) is 28.3 Å². The van der Waals surface area contributed by atoms with Gasteiger partial charge in [0.2, 0.25) is 5.95 Å². The van der Waals surface area contributed by atoms with Gasteiger partial charge in [0.05, 0.1) is 28.3 Å². The van der Waals surface area contributed by atoms with Crippen LogP contribution in [0.3, 0.4) is 0 Å². The molecule has 0 aliphatic heterocycles. The molecule has 1 saturated carbocycles. The number of aromatic nitrogens is 4. The molecule has 132 valence electrons. The first-order valence-corrected chi connectivity index (χ1v) is 9.03. The molecule has 1 aliphatic rings. The van der Waals surface area contributed by atoms with Gasteiger partial charge in [-0.15, -0.1) is 0 Å². The summed E-state index contributed by atoms with van der Waals surface area (Å²) < 4.78 is 0. The van der Waals surface area contributed by atoms with Crippen LogP contribution in [-0.4, -0.2) is 40.1 Å². The fraction of sp³-hybridized carbons (Fsp3) is 0.500. The Hall–Kier alpha value is -2.41. The highest BCUT2D eigenvalue weighted by Gasteiger charge is 2.16. The second-order valence-corrected chi connectivity index (χ2v) is 6.82. The van der Waals surface area contributed by atoms with Crippen molar-refractivity contribution < 1.29 is 0 Å². The summed E-state index contributed by atoms with van der Waals surface area (Å²) in [4.78, 5) is 27.1. The first kappa shape index (κ1) is 16.1. The van der Waals surface area contributed by atoms with E-state index < -0.39 is 0 Å². The molecule has 7 nitrogen and oxygen atoms in total. The maximum atomic E-state index is 12.2. The van der Waals surface area contributed by atoms with Gasteiger partial charge in [0.1, 0.15) is 0 Å². The number of benzene rings is 1. The van der Waals surface area contributed by atoms with Crippen LogP contribution in [0.5, 0.6) is 0 Å². The van der Waals surface area contributed by atoms with Gasteiger partial charge in [0.15, 0.2) is 0 Å². The molecule has 0 spiro atoms. The third-order valence-electron chi connectivity index (χ3n) is 5.18. The van der Waals surface area contributed by atoms with E-state index in [2.05, 4.69) is 30.6 Å². The zero-order chi connectivity index (χ0) is 17.2. The molecule has 1 fully saturated rings. The van der Waals surface area contributed by atoms with E-state index in [1.807, 2.05) is 13.1 Å². The lowest BCUT2D eigenvalue weighted by molar-refractivity contribution is 0.492. The number of fused-ring (bicyclic) bond motifs is 2. The standard InChI is InChI=1S/C18H24N6O/c1-19-18-23-14-8-13-15(21-10-22-17(13)25)12(16(14)24-18)6-7-20-9-11-4-2-3-5-11/h8,10-11,20H,2-7,9H2,1H3,(H2,19,23,24)(H,21,22,25). The predicted octanol–water partition coefficient (Wildman–Crippen LogP) is 2.16. The zero-order valence-electron chi connectivity index (χ0n) is 14.5. The number of aromatic amines is 2. The van der Waals surface area contributed by atoms with Crippen LogP contribution in [-0.2, 0) is 6.42 Å². The van der Waals surface area contributed by atoms with Gasteiger partial charge in [-0.1, -0.05) is 12.8 Å². The molecular formula is C18H24N6O. The highest BCUT2D eigenvalue weighted by atomic mass is 16.1. The highest BCUT2D eigenvalue weighted by molar-refractivity contribution is 5.97. The van der Waals surface area contributed by atoms with Crippen LogP contribution in [0.15, 0.2) is 17.2 Å². The van der Waals surface area contributed by atoms with Crippen LogP contribution >= 0.6 is 0 Å². The predicted molar refractivity (Wildman–Crippen MR) is 100 cm³/mol. The van der Waals surface area contributed by atoms with E-state index in [1.54, 1.807) is 0 Å². The van der Waals surface area contributed by atoms with Gasteiger partial charge in [-0.05, 0) is 44.3 Å². The lowest BCUT2D eigenvalue weighted by atomic mass is 10.0. The number of imidazole rings is 1. The molecule has 25 heavy (non-hydrogen) atoms. The average molecular weight is 340 g/mol. The number of H-pyrrole nitrogens is 2. The Morgan fingerprint density at radius 2 is 2.12 bits per heavy atom. The molecule has 0 bridgehead atoms. The van der Waals surface area contributed by atoms with Crippen molar-refractivity contribution in [2.24, 2.45) is 5.92 Å². The highest BCUT2D eigenvalue weighted by Crippen LogP contribution is 2.26. The number of anilines is 1. The van der Waals surface area contributed by atoms with Crippen LogP contribution in [0, 0.1) is 5.92 Å². The summed E-state index contributed by atoms with van der Waals surface area (Å²) in [6.45, 7) is 1.94. The van der Waals surface area contributed by atoms with Crippen molar-refractivity contribution in [2.45, 2.75) is 32.1 Å². The second kappa shape index (κ2) is 6.84. The summed E-state index contributed by atoms with van der Waals surface area (Å²) in [7, 11) is 1.82.